The first-order valence-electron chi connectivity index (χ1n) is 8.71. The molecule has 0 aliphatic rings. The predicted molar refractivity (Wildman–Crippen MR) is 114 cm³/mol. The molecule has 0 radical (unpaired) electrons. The summed E-state index contributed by atoms with van der Waals surface area (Å²) in [5.41, 5.74) is 6.82. The number of nitrogen functional groups attached to an aromatic ring is 1. The molecule has 0 atom stereocenters. The lowest BCUT2D eigenvalue weighted by molar-refractivity contribution is -0.384. The van der Waals surface area contributed by atoms with Gasteiger partial charge < -0.3 is 10.5 Å². The number of anilines is 2. The van der Waals surface area contributed by atoms with Crippen molar-refractivity contribution in [3.05, 3.63) is 70.3 Å². The molecule has 9 nitrogen and oxygen atoms in total. The molecule has 3 aromatic carbocycles. The Morgan fingerprint density at radius 2 is 1.87 bits per heavy atom. The highest BCUT2D eigenvalue weighted by Crippen LogP contribution is 2.29. The molecule has 0 fully saturated rings. The summed E-state index contributed by atoms with van der Waals surface area (Å²) in [7, 11) is 0. The summed E-state index contributed by atoms with van der Waals surface area (Å²) in [6.45, 7) is -0.527. The Bertz CT molecular complexity index is 1320. The molecule has 1 heterocycles. The number of nitrogens with two attached hydrogens (primary N) is 1. The van der Waals surface area contributed by atoms with Crippen LogP contribution in [0.3, 0.4) is 0 Å². The number of thiazole rings is 1. The molecule has 150 valence electrons. The van der Waals surface area contributed by atoms with Crippen molar-refractivity contribution >= 4 is 60.7 Å². The van der Waals surface area contributed by atoms with Gasteiger partial charge in [0.15, 0.2) is 11.7 Å². The van der Waals surface area contributed by atoms with Crippen LogP contribution in [0.2, 0.25) is 0 Å². The average Bonchev–Trinajstić information content (AvgIpc) is 3.12. The van der Waals surface area contributed by atoms with Crippen LogP contribution >= 0.6 is 11.3 Å². The molecular weight excluding hydrogens is 408 g/mol. The number of carbonyl (C=O) groups excluding carboxylic acids is 2. The maximum absolute atomic E-state index is 12.3. The summed E-state index contributed by atoms with van der Waals surface area (Å²) >= 11 is 1.08. The summed E-state index contributed by atoms with van der Waals surface area (Å²) < 4.78 is 5.63. The third kappa shape index (κ3) is 3.89. The number of benzene rings is 3. The van der Waals surface area contributed by atoms with Crippen molar-refractivity contribution in [2.45, 2.75) is 0 Å². The quantitative estimate of drug-likeness (QED) is 0.216. The Hall–Kier alpha value is -4.05. The summed E-state index contributed by atoms with van der Waals surface area (Å²) in [5.74, 6) is -1.30. The fourth-order valence-electron chi connectivity index (χ4n) is 2.88. The van der Waals surface area contributed by atoms with Gasteiger partial charge in [0.05, 0.1) is 20.7 Å². The van der Waals surface area contributed by atoms with Crippen molar-refractivity contribution in [3.63, 3.8) is 0 Å². The van der Waals surface area contributed by atoms with Crippen LogP contribution in [0.25, 0.3) is 21.0 Å². The lowest BCUT2D eigenvalue weighted by Gasteiger charge is -2.08. The first-order chi connectivity index (χ1) is 14.4. The molecule has 0 saturated carbocycles. The summed E-state index contributed by atoms with van der Waals surface area (Å²) in [6, 6.07) is 14.9. The van der Waals surface area contributed by atoms with Crippen LogP contribution < -0.4 is 11.1 Å². The highest BCUT2D eigenvalue weighted by Gasteiger charge is 2.16. The second-order valence-electron chi connectivity index (χ2n) is 6.34. The van der Waals surface area contributed by atoms with E-state index >= 15 is 0 Å². The fraction of sp³-hybridized carbons (Fsp3) is 0.0500. The van der Waals surface area contributed by atoms with E-state index in [2.05, 4.69) is 10.3 Å². The molecule has 0 aliphatic heterocycles. The third-order valence-electron chi connectivity index (χ3n) is 4.30. The summed E-state index contributed by atoms with van der Waals surface area (Å²) in [4.78, 5) is 39.0. The fourth-order valence-corrected chi connectivity index (χ4v) is 3.79. The Labute approximate surface area is 173 Å². The van der Waals surface area contributed by atoms with E-state index in [1.54, 1.807) is 12.1 Å². The van der Waals surface area contributed by atoms with Gasteiger partial charge in [-0.2, -0.15) is 0 Å². The minimum absolute atomic E-state index is 0.0640. The second kappa shape index (κ2) is 7.76. The summed E-state index contributed by atoms with van der Waals surface area (Å²) in [5, 5.41) is 15.3. The number of non-ortho nitro benzene ring substituents is 1. The zero-order valence-corrected chi connectivity index (χ0v) is 16.1. The molecule has 10 heteroatoms. The Balaban J connectivity index is 1.42. The number of hydrogen-bond donors (Lipinski definition) is 2. The number of carbonyl (C=O) groups is 2. The predicted octanol–water partition coefficient (Wildman–Crippen LogP) is 3.74. The minimum atomic E-state index is -0.715. The highest BCUT2D eigenvalue weighted by molar-refractivity contribution is 7.22. The number of ether oxygens (including phenoxy) is 1. The maximum atomic E-state index is 12.3. The SMILES string of the molecule is Nc1cc2ccccc2cc1C(=O)OCC(=O)Nc1nc2ccc([N+](=O)[O-])cc2s1. The molecule has 4 rings (SSSR count). The molecule has 30 heavy (non-hydrogen) atoms. The Morgan fingerprint density at radius 3 is 2.60 bits per heavy atom. The van der Waals surface area contributed by atoms with Gasteiger partial charge in [-0.3, -0.25) is 20.2 Å². The van der Waals surface area contributed by atoms with E-state index in [4.69, 9.17) is 10.5 Å². The van der Waals surface area contributed by atoms with Crippen molar-refractivity contribution in [1.82, 2.24) is 4.98 Å². The lowest BCUT2D eigenvalue weighted by atomic mass is 10.1. The molecule has 0 bridgehead atoms. The Kier molecular flexibility index (Phi) is 4.98. The topological polar surface area (TPSA) is 137 Å². The van der Waals surface area contributed by atoms with Crippen LogP contribution in [0, 0.1) is 10.1 Å². The number of rotatable bonds is 5. The lowest BCUT2D eigenvalue weighted by Crippen LogP contribution is -2.21. The van der Waals surface area contributed by atoms with Crippen molar-refractivity contribution in [2.24, 2.45) is 0 Å². The zero-order chi connectivity index (χ0) is 21.3. The molecule has 4 aromatic rings. The first-order valence-corrected chi connectivity index (χ1v) is 9.52. The van der Waals surface area contributed by atoms with Gasteiger partial charge in [-0.25, -0.2) is 9.78 Å². The van der Waals surface area contributed by atoms with E-state index in [9.17, 15) is 19.7 Å². The van der Waals surface area contributed by atoms with Gasteiger partial charge in [0.2, 0.25) is 0 Å². The Morgan fingerprint density at radius 1 is 1.13 bits per heavy atom. The molecular formula is C20H14N4O5S. The molecule has 0 unspecified atom stereocenters. The van der Waals surface area contributed by atoms with Crippen LogP contribution in [0.5, 0.6) is 0 Å². The summed E-state index contributed by atoms with van der Waals surface area (Å²) in [6.07, 6.45) is 0. The van der Waals surface area contributed by atoms with E-state index in [1.807, 2.05) is 24.3 Å². The zero-order valence-electron chi connectivity index (χ0n) is 15.3. The minimum Gasteiger partial charge on any atom is -0.452 e. The normalized spacial score (nSPS) is 10.8. The van der Waals surface area contributed by atoms with Gasteiger partial charge in [0, 0.05) is 17.8 Å². The highest BCUT2D eigenvalue weighted by atomic mass is 32.1. The number of amides is 1. The maximum Gasteiger partial charge on any atom is 0.340 e. The number of nitro groups is 1. The smallest absolute Gasteiger partial charge is 0.340 e. The average molecular weight is 422 g/mol. The number of hydrogen-bond acceptors (Lipinski definition) is 8. The monoisotopic (exact) mass is 422 g/mol. The van der Waals surface area contributed by atoms with Gasteiger partial charge in [-0.05, 0) is 29.0 Å². The standard InChI is InChI=1S/C20H14N4O5S/c21-15-8-12-4-2-1-3-11(12)7-14(15)19(26)29-10-18(25)23-20-22-16-6-5-13(24(27)28)9-17(16)30-20/h1-9H,10,21H2,(H,22,23,25). The van der Waals surface area contributed by atoms with Crippen molar-refractivity contribution in [2.75, 3.05) is 17.7 Å². The van der Waals surface area contributed by atoms with E-state index in [0.717, 1.165) is 22.1 Å². The number of aromatic nitrogens is 1. The third-order valence-corrected chi connectivity index (χ3v) is 5.23. The van der Waals surface area contributed by atoms with Crippen molar-refractivity contribution < 1.29 is 19.2 Å². The first kappa shape index (κ1) is 19.3. The van der Waals surface area contributed by atoms with Gasteiger partial charge in [0.25, 0.3) is 11.6 Å². The number of nitrogens with zero attached hydrogens (tertiary/aromatic N) is 2. The molecule has 0 spiro atoms. The van der Waals surface area contributed by atoms with Crippen LogP contribution in [0.15, 0.2) is 54.6 Å². The van der Waals surface area contributed by atoms with Crippen LogP contribution in [-0.4, -0.2) is 28.4 Å². The number of nitrogens with one attached hydrogen (secondary N) is 1. The molecule has 1 aromatic heterocycles. The van der Waals surface area contributed by atoms with E-state index in [1.165, 1.54) is 18.2 Å². The van der Waals surface area contributed by atoms with Crippen LogP contribution in [-0.2, 0) is 9.53 Å². The van der Waals surface area contributed by atoms with Crippen molar-refractivity contribution in [3.8, 4) is 0 Å². The van der Waals surface area contributed by atoms with Crippen LogP contribution in [0.4, 0.5) is 16.5 Å². The number of fused-ring (bicyclic) bond motifs is 2. The number of esters is 1. The molecule has 1 amide bonds. The van der Waals surface area contributed by atoms with E-state index in [0.29, 0.717) is 10.2 Å². The van der Waals surface area contributed by atoms with Crippen molar-refractivity contribution in [1.29, 1.82) is 0 Å². The van der Waals surface area contributed by atoms with E-state index < -0.39 is 23.4 Å². The van der Waals surface area contributed by atoms with Crippen LogP contribution in [0.1, 0.15) is 10.4 Å². The number of nitro benzene ring substituents is 1. The van der Waals surface area contributed by atoms with E-state index in [-0.39, 0.29) is 22.1 Å². The molecule has 3 N–H and O–H groups in total. The van der Waals surface area contributed by atoms with Gasteiger partial charge in [-0.1, -0.05) is 35.6 Å². The van der Waals surface area contributed by atoms with Gasteiger partial charge >= 0.3 is 5.97 Å². The molecule has 0 aliphatic carbocycles. The van der Waals surface area contributed by atoms with Gasteiger partial charge in [-0.15, -0.1) is 0 Å². The van der Waals surface area contributed by atoms with Gasteiger partial charge in [0.1, 0.15) is 0 Å². The largest absolute Gasteiger partial charge is 0.452 e. The second-order valence-corrected chi connectivity index (χ2v) is 7.37. The molecule has 0 saturated heterocycles.